The summed E-state index contributed by atoms with van der Waals surface area (Å²) < 4.78 is 2.36. The first kappa shape index (κ1) is 15.5. The molecule has 1 heterocycles. The maximum Gasteiger partial charge on any atom is 0.0534 e. The molecule has 1 aliphatic carbocycles. The molecule has 0 aliphatic heterocycles. The summed E-state index contributed by atoms with van der Waals surface area (Å²) in [4.78, 5) is 0. The highest BCUT2D eigenvalue weighted by atomic mass is 15.0. The summed E-state index contributed by atoms with van der Waals surface area (Å²) >= 11 is 0. The number of hydrogen-bond donors (Lipinski definition) is 0. The van der Waals surface area contributed by atoms with E-state index in [2.05, 4.69) is 97.0 Å². The van der Waals surface area contributed by atoms with Gasteiger partial charge in [-0.15, -0.1) is 0 Å². The van der Waals surface area contributed by atoms with E-state index in [9.17, 15) is 0 Å². The maximum absolute atomic E-state index is 4.00. The molecule has 1 heteroatoms. The van der Waals surface area contributed by atoms with E-state index < -0.39 is 0 Å². The lowest BCUT2D eigenvalue weighted by Gasteiger charge is -2.11. The van der Waals surface area contributed by atoms with E-state index in [1.165, 1.54) is 39.3 Å². The fourth-order valence-electron chi connectivity index (χ4n) is 3.67. The van der Waals surface area contributed by atoms with Gasteiger partial charge in [0.2, 0.25) is 0 Å². The third-order valence-corrected chi connectivity index (χ3v) is 4.78. The van der Waals surface area contributed by atoms with Crippen molar-refractivity contribution < 1.29 is 0 Å². The SMILES string of the molecule is C=Cc1ccccc1-c1c2c(n(-c3ccccc3)c1C)C=CCC=C2. The van der Waals surface area contributed by atoms with Gasteiger partial charge in [0.15, 0.2) is 0 Å². The molecule has 0 unspecified atom stereocenters. The van der Waals surface area contributed by atoms with Gasteiger partial charge in [0, 0.05) is 22.5 Å². The van der Waals surface area contributed by atoms with Gasteiger partial charge in [-0.05, 0) is 42.7 Å². The van der Waals surface area contributed by atoms with E-state index in [-0.39, 0.29) is 0 Å². The van der Waals surface area contributed by atoms with Crippen LogP contribution in [0.4, 0.5) is 0 Å². The van der Waals surface area contributed by atoms with Gasteiger partial charge in [-0.3, -0.25) is 0 Å². The molecule has 0 radical (unpaired) electrons. The van der Waals surface area contributed by atoms with E-state index >= 15 is 0 Å². The van der Waals surface area contributed by atoms with Crippen molar-refractivity contribution in [3.63, 3.8) is 0 Å². The van der Waals surface area contributed by atoms with Gasteiger partial charge in [-0.1, -0.05) is 73.3 Å². The fraction of sp³-hybridized carbons (Fsp3) is 0.0833. The van der Waals surface area contributed by atoms with Crippen LogP contribution in [0.2, 0.25) is 0 Å². The van der Waals surface area contributed by atoms with Crippen LogP contribution >= 0.6 is 0 Å². The lowest BCUT2D eigenvalue weighted by Crippen LogP contribution is -1.99. The first-order valence-corrected chi connectivity index (χ1v) is 8.67. The Labute approximate surface area is 149 Å². The Morgan fingerprint density at radius 1 is 0.920 bits per heavy atom. The van der Waals surface area contributed by atoms with E-state index in [1.54, 1.807) is 0 Å². The number of benzene rings is 2. The Balaban J connectivity index is 2.08. The number of para-hydroxylation sites is 1. The van der Waals surface area contributed by atoms with Crippen molar-refractivity contribution in [3.8, 4) is 16.8 Å². The maximum atomic E-state index is 4.00. The summed E-state index contributed by atoms with van der Waals surface area (Å²) in [5.41, 5.74) is 8.66. The van der Waals surface area contributed by atoms with Gasteiger partial charge < -0.3 is 4.57 Å². The Hall–Kier alpha value is -3.06. The molecule has 3 aromatic rings. The molecule has 1 nitrogen and oxygen atoms in total. The lowest BCUT2D eigenvalue weighted by molar-refractivity contribution is 1.00. The highest BCUT2D eigenvalue weighted by Gasteiger charge is 2.21. The quantitative estimate of drug-likeness (QED) is 0.516. The van der Waals surface area contributed by atoms with Crippen molar-refractivity contribution in [2.24, 2.45) is 0 Å². The largest absolute Gasteiger partial charge is 0.313 e. The van der Waals surface area contributed by atoms with Crippen LogP contribution < -0.4 is 0 Å². The monoisotopic (exact) mass is 323 g/mol. The van der Waals surface area contributed by atoms with Gasteiger partial charge in [-0.2, -0.15) is 0 Å². The third kappa shape index (κ3) is 2.58. The molecule has 0 amide bonds. The van der Waals surface area contributed by atoms with Crippen molar-refractivity contribution in [3.05, 3.63) is 95.8 Å². The zero-order valence-electron chi connectivity index (χ0n) is 14.4. The van der Waals surface area contributed by atoms with Crippen molar-refractivity contribution in [1.82, 2.24) is 4.57 Å². The summed E-state index contributed by atoms with van der Waals surface area (Å²) in [6.45, 7) is 6.21. The molecule has 4 rings (SSSR count). The number of rotatable bonds is 3. The number of hydrogen-bond acceptors (Lipinski definition) is 0. The number of allylic oxidation sites excluding steroid dienone is 2. The average molecular weight is 323 g/mol. The van der Waals surface area contributed by atoms with Gasteiger partial charge in [-0.25, -0.2) is 0 Å². The van der Waals surface area contributed by atoms with Gasteiger partial charge >= 0.3 is 0 Å². The predicted molar refractivity (Wildman–Crippen MR) is 109 cm³/mol. The number of aromatic nitrogens is 1. The smallest absolute Gasteiger partial charge is 0.0534 e. The first-order valence-electron chi connectivity index (χ1n) is 8.67. The average Bonchev–Trinajstić information content (AvgIpc) is 2.79. The predicted octanol–water partition coefficient (Wildman–Crippen LogP) is 6.53. The fourth-order valence-corrected chi connectivity index (χ4v) is 3.67. The Kier molecular flexibility index (Phi) is 3.99. The number of fused-ring (bicyclic) bond motifs is 1. The molecule has 0 atom stereocenters. The minimum Gasteiger partial charge on any atom is -0.313 e. The van der Waals surface area contributed by atoms with Crippen LogP contribution in [0, 0.1) is 6.92 Å². The standard InChI is InChI=1S/C24H21N/c1-3-19-12-10-11-15-21(19)24-18(2)25(20-13-6-4-7-14-20)23-17-9-5-8-16-22(23)24/h3-4,6-17H,1,5H2,2H3. The van der Waals surface area contributed by atoms with Crippen molar-refractivity contribution in [2.75, 3.05) is 0 Å². The van der Waals surface area contributed by atoms with Crippen LogP contribution in [0.15, 0.2) is 73.3 Å². The highest BCUT2D eigenvalue weighted by Crippen LogP contribution is 2.39. The molecule has 0 saturated carbocycles. The van der Waals surface area contributed by atoms with Crippen molar-refractivity contribution >= 4 is 18.2 Å². The molecule has 0 fully saturated rings. The second kappa shape index (κ2) is 6.45. The van der Waals surface area contributed by atoms with Crippen LogP contribution in [0.25, 0.3) is 35.0 Å². The molecule has 0 bridgehead atoms. The lowest BCUT2D eigenvalue weighted by atomic mass is 9.95. The van der Waals surface area contributed by atoms with Gasteiger partial charge in [0.1, 0.15) is 0 Å². The minimum atomic E-state index is 0.963. The second-order valence-corrected chi connectivity index (χ2v) is 6.26. The van der Waals surface area contributed by atoms with E-state index in [1.807, 2.05) is 6.08 Å². The van der Waals surface area contributed by atoms with Crippen LogP contribution in [0.5, 0.6) is 0 Å². The molecule has 0 spiro atoms. The van der Waals surface area contributed by atoms with Crippen LogP contribution in [0.1, 0.15) is 28.9 Å². The van der Waals surface area contributed by atoms with Crippen LogP contribution in [-0.4, -0.2) is 4.57 Å². The topological polar surface area (TPSA) is 4.93 Å². The Bertz CT molecular complexity index is 984. The van der Waals surface area contributed by atoms with Crippen molar-refractivity contribution in [2.45, 2.75) is 13.3 Å². The zero-order valence-corrected chi connectivity index (χ0v) is 14.4. The van der Waals surface area contributed by atoms with Crippen molar-refractivity contribution in [1.29, 1.82) is 0 Å². The number of nitrogens with zero attached hydrogens (tertiary/aromatic N) is 1. The molecule has 0 saturated heterocycles. The normalized spacial score (nSPS) is 12.7. The highest BCUT2D eigenvalue weighted by molar-refractivity contribution is 5.88. The summed E-state index contributed by atoms with van der Waals surface area (Å²) in [6, 6.07) is 19.1. The molecular weight excluding hydrogens is 302 g/mol. The molecule has 122 valence electrons. The van der Waals surface area contributed by atoms with E-state index in [0.29, 0.717) is 0 Å². The summed E-state index contributed by atoms with van der Waals surface area (Å²) in [7, 11) is 0. The third-order valence-electron chi connectivity index (χ3n) is 4.78. The van der Waals surface area contributed by atoms with Gasteiger partial charge in [0.25, 0.3) is 0 Å². The zero-order chi connectivity index (χ0) is 17.2. The second-order valence-electron chi connectivity index (χ2n) is 6.26. The minimum absolute atomic E-state index is 0.963. The molecule has 1 aromatic heterocycles. The Morgan fingerprint density at radius 2 is 1.64 bits per heavy atom. The van der Waals surface area contributed by atoms with Crippen LogP contribution in [-0.2, 0) is 0 Å². The molecule has 25 heavy (non-hydrogen) atoms. The first-order chi connectivity index (χ1) is 12.3. The molecule has 1 aliphatic rings. The van der Waals surface area contributed by atoms with Crippen LogP contribution in [0.3, 0.4) is 0 Å². The summed E-state index contributed by atoms with van der Waals surface area (Å²) in [6.07, 6.45) is 11.9. The van der Waals surface area contributed by atoms with Gasteiger partial charge in [0.05, 0.1) is 5.69 Å². The molecular formula is C24H21N. The molecule has 2 aromatic carbocycles. The van der Waals surface area contributed by atoms with E-state index in [4.69, 9.17) is 0 Å². The summed E-state index contributed by atoms with van der Waals surface area (Å²) in [5, 5.41) is 0. The summed E-state index contributed by atoms with van der Waals surface area (Å²) in [5.74, 6) is 0. The van der Waals surface area contributed by atoms with E-state index in [0.717, 1.165) is 6.42 Å². The Morgan fingerprint density at radius 3 is 2.44 bits per heavy atom. The molecule has 0 N–H and O–H groups in total.